The Morgan fingerprint density at radius 2 is 1.74 bits per heavy atom. The first-order valence-electron chi connectivity index (χ1n) is 10.9. The first-order chi connectivity index (χ1) is 13.2. The van der Waals surface area contributed by atoms with Gasteiger partial charge in [-0.3, -0.25) is 9.69 Å². The summed E-state index contributed by atoms with van der Waals surface area (Å²) < 4.78 is 5.57. The van der Waals surface area contributed by atoms with Gasteiger partial charge in [-0.05, 0) is 44.6 Å². The highest BCUT2D eigenvalue weighted by atomic mass is 16.5. The topological polar surface area (TPSA) is 41.6 Å². The second-order valence-electron chi connectivity index (χ2n) is 8.73. The number of carbonyl (C=O) groups is 1. The van der Waals surface area contributed by atoms with Gasteiger partial charge in [0.2, 0.25) is 5.91 Å². The van der Waals surface area contributed by atoms with Crippen molar-refractivity contribution in [3.63, 3.8) is 0 Å². The fraction of sp³-hybridized carbons (Fsp3) is 0.696. The highest BCUT2D eigenvalue weighted by Gasteiger charge is 2.39. The molecule has 27 heavy (non-hydrogen) atoms. The number of piperidine rings is 2. The minimum absolute atomic E-state index is 0.269. The molecule has 1 N–H and O–H groups in total. The number of rotatable bonds is 5. The average Bonchev–Trinajstić information content (AvgIpc) is 2.69. The van der Waals surface area contributed by atoms with Gasteiger partial charge in [-0.2, -0.15) is 0 Å². The van der Waals surface area contributed by atoms with Gasteiger partial charge in [0.15, 0.2) is 0 Å². The number of amides is 1. The molecule has 3 aliphatic rings. The lowest BCUT2D eigenvalue weighted by molar-refractivity contribution is -0.127. The Hall–Kier alpha value is -1.55. The van der Waals surface area contributed by atoms with E-state index in [1.165, 1.54) is 44.1 Å². The molecule has 2 saturated heterocycles. The number of benzene rings is 1. The molecule has 3 atom stereocenters. The van der Waals surface area contributed by atoms with E-state index in [0.29, 0.717) is 24.0 Å². The molecule has 4 rings (SSSR count). The summed E-state index contributed by atoms with van der Waals surface area (Å²) in [6.45, 7) is 0.961. The van der Waals surface area contributed by atoms with Crippen LogP contribution in [0.25, 0.3) is 0 Å². The van der Waals surface area contributed by atoms with Crippen molar-refractivity contribution >= 4 is 5.91 Å². The Balaban J connectivity index is 1.39. The number of methoxy groups -OCH3 is 1. The SMILES string of the molecule is COc1ccccc1CN1[C@@H]2CCC[C@H]1CC(NC(=O)C1CCCCC1)C2. The predicted molar refractivity (Wildman–Crippen MR) is 108 cm³/mol. The summed E-state index contributed by atoms with van der Waals surface area (Å²) in [4.78, 5) is 15.4. The number of nitrogens with zero attached hydrogens (tertiary/aromatic N) is 1. The number of hydrogen-bond acceptors (Lipinski definition) is 3. The van der Waals surface area contributed by atoms with Crippen molar-refractivity contribution in [2.45, 2.75) is 88.9 Å². The highest BCUT2D eigenvalue weighted by molar-refractivity contribution is 5.79. The Morgan fingerprint density at radius 1 is 1.04 bits per heavy atom. The van der Waals surface area contributed by atoms with Crippen molar-refractivity contribution in [1.82, 2.24) is 10.2 Å². The third-order valence-electron chi connectivity index (χ3n) is 6.99. The highest BCUT2D eigenvalue weighted by Crippen LogP contribution is 2.36. The van der Waals surface area contributed by atoms with Gasteiger partial charge in [0.1, 0.15) is 5.75 Å². The molecule has 1 aliphatic carbocycles. The number of hydrogen-bond donors (Lipinski definition) is 1. The van der Waals surface area contributed by atoms with Crippen molar-refractivity contribution in [2.75, 3.05) is 7.11 Å². The van der Waals surface area contributed by atoms with E-state index in [9.17, 15) is 4.79 Å². The van der Waals surface area contributed by atoms with Gasteiger partial charge in [0.05, 0.1) is 7.11 Å². The molecule has 1 aromatic carbocycles. The molecule has 2 heterocycles. The monoisotopic (exact) mass is 370 g/mol. The van der Waals surface area contributed by atoms with Gasteiger partial charge in [-0.25, -0.2) is 0 Å². The second kappa shape index (κ2) is 8.64. The van der Waals surface area contributed by atoms with Crippen LogP contribution in [0, 0.1) is 5.92 Å². The van der Waals surface area contributed by atoms with Crippen molar-refractivity contribution in [3.8, 4) is 5.75 Å². The molecule has 0 aromatic heterocycles. The lowest BCUT2D eigenvalue weighted by atomic mass is 9.81. The van der Waals surface area contributed by atoms with Crippen LogP contribution < -0.4 is 10.1 Å². The molecule has 1 saturated carbocycles. The lowest BCUT2D eigenvalue weighted by Gasteiger charge is -2.49. The average molecular weight is 371 g/mol. The van der Waals surface area contributed by atoms with Crippen LogP contribution in [-0.2, 0) is 11.3 Å². The summed E-state index contributed by atoms with van der Waals surface area (Å²) in [6.07, 6.45) is 11.9. The van der Waals surface area contributed by atoms with E-state index in [0.717, 1.165) is 38.0 Å². The quantitative estimate of drug-likeness (QED) is 0.841. The Bertz CT molecular complexity index is 627. The smallest absolute Gasteiger partial charge is 0.223 e. The molecule has 4 heteroatoms. The summed E-state index contributed by atoms with van der Waals surface area (Å²) in [5.41, 5.74) is 1.28. The zero-order valence-corrected chi connectivity index (χ0v) is 16.7. The van der Waals surface area contributed by atoms with Crippen LogP contribution in [0.2, 0.25) is 0 Å². The molecular formula is C23H34N2O2. The Morgan fingerprint density at radius 3 is 2.44 bits per heavy atom. The molecular weight excluding hydrogens is 336 g/mol. The standard InChI is InChI=1S/C23H34N2O2/c1-27-22-13-6-5-10-18(22)16-25-20-11-7-12-21(25)15-19(14-20)24-23(26)17-8-3-2-4-9-17/h5-6,10,13,17,19-21H,2-4,7-9,11-12,14-16H2,1H3,(H,24,26)/t19?,20-,21+. The third-order valence-corrected chi connectivity index (χ3v) is 6.99. The summed E-state index contributed by atoms with van der Waals surface area (Å²) in [5.74, 6) is 1.59. The number of fused-ring (bicyclic) bond motifs is 2. The molecule has 148 valence electrons. The van der Waals surface area contributed by atoms with E-state index >= 15 is 0 Å². The van der Waals surface area contributed by atoms with Gasteiger partial charge >= 0.3 is 0 Å². The summed E-state index contributed by atoms with van der Waals surface area (Å²) in [7, 11) is 1.76. The van der Waals surface area contributed by atoms with Gasteiger partial charge in [-0.15, -0.1) is 0 Å². The predicted octanol–water partition coefficient (Wildman–Crippen LogP) is 4.28. The van der Waals surface area contributed by atoms with Gasteiger partial charge in [-0.1, -0.05) is 43.9 Å². The van der Waals surface area contributed by atoms with Gasteiger partial charge in [0, 0.05) is 36.2 Å². The molecule has 3 fully saturated rings. The van der Waals surface area contributed by atoms with Crippen LogP contribution >= 0.6 is 0 Å². The van der Waals surface area contributed by atoms with E-state index in [1.807, 2.05) is 6.07 Å². The van der Waals surface area contributed by atoms with Crippen molar-refractivity contribution < 1.29 is 9.53 Å². The summed E-state index contributed by atoms with van der Waals surface area (Å²) in [6, 6.07) is 9.91. The van der Waals surface area contributed by atoms with E-state index in [1.54, 1.807) is 7.11 Å². The maximum Gasteiger partial charge on any atom is 0.223 e. The zero-order chi connectivity index (χ0) is 18.6. The van der Waals surface area contributed by atoms with Crippen LogP contribution in [-0.4, -0.2) is 36.0 Å². The molecule has 2 bridgehead atoms. The fourth-order valence-corrected chi connectivity index (χ4v) is 5.57. The van der Waals surface area contributed by atoms with E-state index in [4.69, 9.17) is 4.74 Å². The van der Waals surface area contributed by atoms with Crippen LogP contribution in [0.5, 0.6) is 5.75 Å². The lowest BCUT2D eigenvalue weighted by Crippen LogP contribution is -2.57. The number of ether oxygens (including phenoxy) is 1. The molecule has 1 amide bonds. The normalized spacial score (nSPS) is 29.3. The van der Waals surface area contributed by atoms with Crippen molar-refractivity contribution in [3.05, 3.63) is 29.8 Å². The van der Waals surface area contributed by atoms with E-state index in [2.05, 4.69) is 28.4 Å². The molecule has 1 aromatic rings. The minimum Gasteiger partial charge on any atom is -0.496 e. The Labute approximate surface area is 163 Å². The number of para-hydroxylation sites is 1. The summed E-state index contributed by atoms with van der Waals surface area (Å²) in [5, 5.41) is 3.43. The molecule has 0 radical (unpaired) electrons. The fourth-order valence-electron chi connectivity index (χ4n) is 5.57. The third kappa shape index (κ3) is 4.31. The molecule has 2 aliphatic heterocycles. The van der Waals surface area contributed by atoms with Crippen LogP contribution in [0.15, 0.2) is 24.3 Å². The summed E-state index contributed by atoms with van der Waals surface area (Å²) >= 11 is 0. The maximum absolute atomic E-state index is 12.7. The van der Waals surface area contributed by atoms with Gasteiger partial charge in [0.25, 0.3) is 0 Å². The number of carbonyl (C=O) groups excluding carboxylic acids is 1. The van der Waals surface area contributed by atoms with E-state index < -0.39 is 0 Å². The molecule has 4 nitrogen and oxygen atoms in total. The minimum atomic E-state index is 0.269. The van der Waals surface area contributed by atoms with Crippen molar-refractivity contribution in [2.24, 2.45) is 5.92 Å². The number of nitrogens with one attached hydrogen (secondary N) is 1. The second-order valence-corrected chi connectivity index (χ2v) is 8.73. The first kappa shape index (κ1) is 18.8. The van der Waals surface area contributed by atoms with E-state index in [-0.39, 0.29) is 5.92 Å². The molecule has 1 unspecified atom stereocenters. The Kier molecular flexibility index (Phi) is 6.01. The largest absolute Gasteiger partial charge is 0.496 e. The van der Waals surface area contributed by atoms with Gasteiger partial charge < -0.3 is 10.1 Å². The maximum atomic E-state index is 12.7. The first-order valence-corrected chi connectivity index (χ1v) is 10.9. The van der Waals surface area contributed by atoms with Crippen molar-refractivity contribution in [1.29, 1.82) is 0 Å². The van der Waals surface area contributed by atoms with Crippen LogP contribution in [0.4, 0.5) is 0 Å². The zero-order valence-electron chi connectivity index (χ0n) is 16.7. The van der Waals surface area contributed by atoms with Crippen LogP contribution in [0.3, 0.4) is 0 Å². The van der Waals surface area contributed by atoms with Crippen LogP contribution in [0.1, 0.15) is 69.8 Å². The molecule has 0 spiro atoms.